The van der Waals surface area contributed by atoms with E-state index in [9.17, 15) is 9.59 Å². The number of nitrogens with zero attached hydrogens (tertiary/aromatic N) is 1. The van der Waals surface area contributed by atoms with Crippen molar-refractivity contribution in [2.45, 2.75) is 33.6 Å². The predicted molar refractivity (Wildman–Crippen MR) is 64.3 cm³/mol. The molecule has 0 saturated heterocycles. The van der Waals surface area contributed by atoms with E-state index < -0.39 is 6.03 Å². The molecule has 17 heavy (non-hydrogen) atoms. The molecule has 0 spiro atoms. The molecule has 94 valence electrons. The zero-order chi connectivity index (χ0) is 12.8. The van der Waals surface area contributed by atoms with Gasteiger partial charge in [-0.25, -0.2) is 10.2 Å². The summed E-state index contributed by atoms with van der Waals surface area (Å²) >= 11 is 0. The molecule has 0 unspecified atom stereocenters. The normalized spacial score (nSPS) is 40.5. The molecule has 0 aromatic carbocycles. The average Bonchev–Trinajstić information content (AvgIpc) is 2.56. The van der Waals surface area contributed by atoms with Gasteiger partial charge >= 0.3 is 6.03 Å². The van der Waals surface area contributed by atoms with Crippen LogP contribution in [0.15, 0.2) is 5.10 Å². The Morgan fingerprint density at radius 3 is 2.71 bits per heavy atom. The van der Waals surface area contributed by atoms with Gasteiger partial charge in [-0.3, -0.25) is 0 Å². The van der Waals surface area contributed by atoms with Crippen LogP contribution in [0, 0.1) is 22.7 Å². The van der Waals surface area contributed by atoms with Crippen molar-refractivity contribution >= 4 is 18.0 Å². The summed E-state index contributed by atoms with van der Waals surface area (Å²) in [7, 11) is 0. The van der Waals surface area contributed by atoms with Gasteiger partial charge in [-0.05, 0) is 24.2 Å². The third-order valence-electron chi connectivity index (χ3n) is 5.05. The van der Waals surface area contributed by atoms with Crippen LogP contribution in [0.2, 0.25) is 0 Å². The summed E-state index contributed by atoms with van der Waals surface area (Å²) in [6.45, 7) is 6.47. The predicted octanol–water partition coefficient (Wildman–Crippen LogP) is 1.28. The number of carbonyl (C=O) groups is 2. The first-order chi connectivity index (χ1) is 7.84. The van der Waals surface area contributed by atoms with Gasteiger partial charge in [-0.1, -0.05) is 20.8 Å². The fourth-order valence-corrected chi connectivity index (χ4v) is 3.65. The van der Waals surface area contributed by atoms with Crippen LogP contribution >= 0.6 is 0 Å². The van der Waals surface area contributed by atoms with Crippen molar-refractivity contribution in [3.63, 3.8) is 0 Å². The molecular formula is C12H19N3O2. The second-order valence-corrected chi connectivity index (χ2v) is 5.83. The van der Waals surface area contributed by atoms with E-state index >= 15 is 0 Å². The van der Waals surface area contributed by atoms with Crippen LogP contribution in [0.25, 0.3) is 0 Å². The van der Waals surface area contributed by atoms with E-state index in [2.05, 4.69) is 31.3 Å². The number of fused-ring (bicyclic) bond motifs is 2. The first-order valence-corrected chi connectivity index (χ1v) is 5.93. The van der Waals surface area contributed by atoms with Crippen LogP contribution in [0.4, 0.5) is 4.79 Å². The molecule has 0 radical (unpaired) electrons. The molecule has 2 fully saturated rings. The average molecular weight is 237 g/mol. The summed E-state index contributed by atoms with van der Waals surface area (Å²) in [4.78, 5) is 22.0. The van der Waals surface area contributed by atoms with Gasteiger partial charge in [-0.2, -0.15) is 5.10 Å². The fourth-order valence-electron chi connectivity index (χ4n) is 3.65. The number of hydrazone groups is 1. The summed E-state index contributed by atoms with van der Waals surface area (Å²) in [5.41, 5.74) is 7.99. The van der Waals surface area contributed by atoms with Crippen LogP contribution < -0.4 is 11.2 Å². The molecule has 2 bridgehead atoms. The van der Waals surface area contributed by atoms with E-state index in [4.69, 9.17) is 5.73 Å². The van der Waals surface area contributed by atoms with Crippen molar-refractivity contribution in [2.24, 2.45) is 33.5 Å². The van der Waals surface area contributed by atoms with Crippen molar-refractivity contribution in [1.29, 1.82) is 0 Å². The standard InChI is InChI=1S/C12H19N3O2/c1-11(2)8-4-5-12(11,3)9(7(8)6-16)14-15-10(13)17/h6-8H,4-5H2,1-3H3,(H3,13,15,17)/t7-,8+,12+/m0/s1. The number of rotatable bonds is 2. The summed E-state index contributed by atoms with van der Waals surface area (Å²) in [5.74, 6) is 0.133. The Morgan fingerprint density at radius 2 is 2.18 bits per heavy atom. The number of urea groups is 1. The molecule has 2 rings (SSSR count). The second-order valence-electron chi connectivity index (χ2n) is 5.83. The smallest absolute Gasteiger partial charge is 0.332 e. The van der Waals surface area contributed by atoms with Crippen molar-refractivity contribution in [1.82, 2.24) is 5.43 Å². The number of primary amides is 1. The molecule has 3 N–H and O–H groups in total. The highest BCUT2D eigenvalue weighted by Crippen LogP contribution is 2.65. The van der Waals surface area contributed by atoms with Crippen LogP contribution in [-0.2, 0) is 4.79 Å². The summed E-state index contributed by atoms with van der Waals surface area (Å²) in [5, 5.41) is 4.09. The highest BCUT2D eigenvalue weighted by Gasteiger charge is 2.64. The lowest BCUT2D eigenvalue weighted by Crippen LogP contribution is -2.37. The van der Waals surface area contributed by atoms with E-state index in [0.29, 0.717) is 5.92 Å². The lowest BCUT2D eigenvalue weighted by molar-refractivity contribution is -0.110. The largest absolute Gasteiger partial charge is 0.350 e. The highest BCUT2D eigenvalue weighted by atomic mass is 16.2. The van der Waals surface area contributed by atoms with E-state index in [1.54, 1.807) is 0 Å². The number of aldehydes is 1. The monoisotopic (exact) mass is 237 g/mol. The minimum atomic E-state index is -0.689. The van der Waals surface area contributed by atoms with Crippen LogP contribution in [0.5, 0.6) is 0 Å². The summed E-state index contributed by atoms with van der Waals surface area (Å²) < 4.78 is 0. The van der Waals surface area contributed by atoms with Gasteiger partial charge in [0, 0.05) is 5.41 Å². The number of carbonyl (C=O) groups excluding carboxylic acids is 2. The first kappa shape index (κ1) is 12.1. The van der Waals surface area contributed by atoms with Gasteiger partial charge in [0.2, 0.25) is 0 Å². The van der Waals surface area contributed by atoms with Crippen molar-refractivity contribution in [2.75, 3.05) is 0 Å². The third-order valence-corrected chi connectivity index (χ3v) is 5.05. The van der Waals surface area contributed by atoms with Crippen LogP contribution in [0.1, 0.15) is 33.6 Å². The number of amides is 2. The van der Waals surface area contributed by atoms with Crippen molar-refractivity contribution in [3.05, 3.63) is 0 Å². The maximum absolute atomic E-state index is 11.3. The summed E-state index contributed by atoms with van der Waals surface area (Å²) in [6, 6.07) is -0.689. The van der Waals surface area contributed by atoms with E-state index in [1.165, 1.54) is 0 Å². The maximum atomic E-state index is 11.3. The molecule has 0 aromatic rings. The van der Waals surface area contributed by atoms with Gasteiger partial charge in [0.15, 0.2) is 0 Å². The molecule has 3 atom stereocenters. The van der Waals surface area contributed by atoms with Gasteiger partial charge in [0.1, 0.15) is 6.29 Å². The van der Waals surface area contributed by atoms with Crippen molar-refractivity contribution in [3.8, 4) is 0 Å². The Labute approximate surface area is 101 Å². The molecule has 2 aliphatic carbocycles. The highest BCUT2D eigenvalue weighted by molar-refractivity contribution is 6.05. The Bertz CT molecular complexity index is 403. The number of nitrogens with two attached hydrogens (primary N) is 1. The minimum Gasteiger partial charge on any atom is -0.350 e. The van der Waals surface area contributed by atoms with Gasteiger partial charge in [0.05, 0.1) is 11.6 Å². The number of hydrogen-bond donors (Lipinski definition) is 2. The zero-order valence-corrected chi connectivity index (χ0v) is 10.5. The zero-order valence-electron chi connectivity index (χ0n) is 10.5. The van der Waals surface area contributed by atoms with Crippen LogP contribution in [0.3, 0.4) is 0 Å². The van der Waals surface area contributed by atoms with E-state index in [1.807, 2.05) is 0 Å². The van der Waals surface area contributed by atoms with Crippen molar-refractivity contribution < 1.29 is 9.59 Å². The molecular weight excluding hydrogens is 218 g/mol. The molecule has 2 aliphatic rings. The van der Waals surface area contributed by atoms with Gasteiger partial charge < -0.3 is 10.5 Å². The lowest BCUT2D eigenvalue weighted by atomic mass is 9.70. The molecule has 0 heterocycles. The first-order valence-electron chi connectivity index (χ1n) is 5.93. The van der Waals surface area contributed by atoms with Gasteiger partial charge in [-0.15, -0.1) is 0 Å². The molecule has 5 heteroatoms. The Kier molecular flexibility index (Phi) is 2.52. The SMILES string of the molecule is CC1(C)[C@@H]2CC[C@]1(C)C(=NNC(N)=O)[C@H]2C=O. The molecule has 0 aromatic heterocycles. The maximum Gasteiger partial charge on any atom is 0.332 e. The second kappa shape index (κ2) is 3.55. The number of hydrogen-bond acceptors (Lipinski definition) is 3. The summed E-state index contributed by atoms with van der Waals surface area (Å²) in [6.07, 6.45) is 3.01. The Hall–Kier alpha value is -1.39. The fraction of sp³-hybridized carbons (Fsp3) is 0.750. The Morgan fingerprint density at radius 1 is 1.53 bits per heavy atom. The Balaban J connectivity index is 2.41. The van der Waals surface area contributed by atoms with Gasteiger partial charge in [0.25, 0.3) is 0 Å². The van der Waals surface area contributed by atoms with Crippen LogP contribution in [-0.4, -0.2) is 18.0 Å². The lowest BCUT2D eigenvalue weighted by Gasteiger charge is -2.34. The quantitative estimate of drug-likeness (QED) is 0.560. The molecule has 2 saturated carbocycles. The molecule has 5 nitrogen and oxygen atoms in total. The minimum absolute atomic E-state index is 0.0384. The number of nitrogens with one attached hydrogen (secondary N) is 1. The molecule has 0 aliphatic heterocycles. The molecule has 2 amide bonds. The van der Waals surface area contributed by atoms with E-state index in [-0.39, 0.29) is 16.7 Å². The van der Waals surface area contributed by atoms with E-state index in [0.717, 1.165) is 24.8 Å². The topological polar surface area (TPSA) is 84.5 Å². The third kappa shape index (κ3) is 1.41.